The van der Waals surface area contributed by atoms with Gasteiger partial charge in [-0.05, 0) is 61.4 Å². The van der Waals surface area contributed by atoms with Crippen molar-refractivity contribution in [3.63, 3.8) is 0 Å². The molecule has 1 fully saturated rings. The molecule has 2 aromatic carbocycles. The summed E-state index contributed by atoms with van der Waals surface area (Å²) < 4.78 is 11.3. The molecule has 0 spiro atoms. The van der Waals surface area contributed by atoms with E-state index in [1.807, 2.05) is 43.0 Å². The van der Waals surface area contributed by atoms with Gasteiger partial charge in [0, 0.05) is 26.3 Å². The van der Waals surface area contributed by atoms with E-state index < -0.39 is 0 Å². The number of carbonyl (C=O) groups excluding carboxylic acids is 1. The Balaban J connectivity index is 1.52. The SMILES string of the molecule is CC(C)Oc1ccccc1C(=O)N1Cc2ccc(C3CCOCC3)cc2C1. The van der Waals surface area contributed by atoms with Crippen molar-refractivity contribution in [2.75, 3.05) is 13.2 Å². The van der Waals surface area contributed by atoms with Crippen LogP contribution in [0.1, 0.15) is 59.7 Å². The van der Waals surface area contributed by atoms with Gasteiger partial charge in [-0.15, -0.1) is 0 Å². The van der Waals surface area contributed by atoms with Crippen LogP contribution < -0.4 is 4.74 Å². The number of carbonyl (C=O) groups is 1. The maximum absolute atomic E-state index is 13.1. The van der Waals surface area contributed by atoms with E-state index in [2.05, 4.69) is 18.2 Å². The Morgan fingerprint density at radius 2 is 1.81 bits per heavy atom. The molecule has 0 atom stereocenters. The van der Waals surface area contributed by atoms with Gasteiger partial charge in [0.1, 0.15) is 5.75 Å². The highest BCUT2D eigenvalue weighted by atomic mass is 16.5. The monoisotopic (exact) mass is 365 g/mol. The van der Waals surface area contributed by atoms with Gasteiger partial charge < -0.3 is 14.4 Å². The molecule has 1 amide bonds. The summed E-state index contributed by atoms with van der Waals surface area (Å²) in [5, 5.41) is 0. The van der Waals surface area contributed by atoms with Crippen LogP contribution in [-0.2, 0) is 17.8 Å². The largest absolute Gasteiger partial charge is 0.490 e. The van der Waals surface area contributed by atoms with Crippen LogP contribution >= 0.6 is 0 Å². The molecule has 0 aliphatic carbocycles. The first kappa shape index (κ1) is 18.1. The quantitative estimate of drug-likeness (QED) is 0.799. The summed E-state index contributed by atoms with van der Waals surface area (Å²) in [5.74, 6) is 1.28. The first-order valence-electron chi connectivity index (χ1n) is 9.86. The number of fused-ring (bicyclic) bond motifs is 1. The summed E-state index contributed by atoms with van der Waals surface area (Å²) in [6.07, 6.45) is 2.21. The number of rotatable bonds is 4. The van der Waals surface area contributed by atoms with Gasteiger partial charge in [0.2, 0.25) is 0 Å². The molecule has 2 aromatic rings. The Bertz CT molecular complexity index is 824. The first-order chi connectivity index (χ1) is 13.1. The molecule has 0 N–H and O–H groups in total. The van der Waals surface area contributed by atoms with Crippen LogP contribution in [0.2, 0.25) is 0 Å². The highest BCUT2D eigenvalue weighted by Crippen LogP contribution is 2.32. The topological polar surface area (TPSA) is 38.8 Å². The molecular weight excluding hydrogens is 338 g/mol. The predicted octanol–water partition coefficient (Wildman–Crippen LogP) is 4.52. The zero-order valence-corrected chi connectivity index (χ0v) is 16.1. The second-order valence-corrected chi connectivity index (χ2v) is 7.74. The molecule has 2 aliphatic rings. The zero-order chi connectivity index (χ0) is 18.8. The lowest BCUT2D eigenvalue weighted by Gasteiger charge is -2.22. The van der Waals surface area contributed by atoms with Gasteiger partial charge in [0.05, 0.1) is 11.7 Å². The Labute approximate surface area is 161 Å². The number of hydrogen-bond acceptors (Lipinski definition) is 3. The van der Waals surface area contributed by atoms with E-state index >= 15 is 0 Å². The summed E-state index contributed by atoms with van der Waals surface area (Å²) >= 11 is 0. The average molecular weight is 365 g/mol. The van der Waals surface area contributed by atoms with E-state index in [1.54, 1.807) is 0 Å². The fraction of sp³-hybridized carbons (Fsp3) is 0.435. The van der Waals surface area contributed by atoms with Crippen molar-refractivity contribution >= 4 is 5.91 Å². The Kier molecular flexibility index (Phi) is 5.17. The van der Waals surface area contributed by atoms with Gasteiger partial charge in [-0.3, -0.25) is 4.79 Å². The second kappa shape index (κ2) is 7.73. The molecule has 0 unspecified atom stereocenters. The van der Waals surface area contributed by atoms with Crippen LogP contribution in [0, 0.1) is 0 Å². The van der Waals surface area contributed by atoms with E-state index in [0.29, 0.717) is 30.3 Å². The Morgan fingerprint density at radius 3 is 2.59 bits per heavy atom. The molecule has 0 saturated carbocycles. The Hall–Kier alpha value is -2.33. The highest BCUT2D eigenvalue weighted by Gasteiger charge is 2.27. The molecule has 0 bridgehead atoms. The van der Waals surface area contributed by atoms with Crippen molar-refractivity contribution in [3.05, 3.63) is 64.7 Å². The number of amides is 1. The normalized spacial score (nSPS) is 17.2. The van der Waals surface area contributed by atoms with Crippen molar-refractivity contribution in [2.24, 2.45) is 0 Å². The van der Waals surface area contributed by atoms with Crippen molar-refractivity contribution < 1.29 is 14.3 Å². The van der Waals surface area contributed by atoms with Crippen LogP contribution in [0.15, 0.2) is 42.5 Å². The van der Waals surface area contributed by atoms with Crippen molar-refractivity contribution in [2.45, 2.75) is 51.8 Å². The van der Waals surface area contributed by atoms with E-state index in [4.69, 9.17) is 9.47 Å². The minimum Gasteiger partial charge on any atom is -0.490 e. The second-order valence-electron chi connectivity index (χ2n) is 7.74. The first-order valence-corrected chi connectivity index (χ1v) is 9.86. The third-order valence-corrected chi connectivity index (χ3v) is 5.41. The predicted molar refractivity (Wildman–Crippen MR) is 105 cm³/mol. The molecule has 0 radical (unpaired) electrons. The fourth-order valence-electron chi connectivity index (χ4n) is 4.01. The number of hydrogen-bond donors (Lipinski definition) is 0. The minimum atomic E-state index is 0.0371. The molecular formula is C23H27NO3. The number of nitrogens with zero attached hydrogens (tertiary/aromatic N) is 1. The molecule has 1 saturated heterocycles. The molecule has 27 heavy (non-hydrogen) atoms. The number of ether oxygens (including phenoxy) is 2. The van der Waals surface area contributed by atoms with E-state index in [0.717, 1.165) is 26.1 Å². The molecule has 142 valence electrons. The van der Waals surface area contributed by atoms with Gasteiger partial charge in [0.25, 0.3) is 5.91 Å². The van der Waals surface area contributed by atoms with Crippen molar-refractivity contribution in [1.29, 1.82) is 0 Å². The van der Waals surface area contributed by atoms with Crippen LogP contribution in [0.3, 0.4) is 0 Å². The van der Waals surface area contributed by atoms with E-state index in [-0.39, 0.29) is 12.0 Å². The molecule has 2 aliphatic heterocycles. The molecule has 4 nitrogen and oxygen atoms in total. The molecule has 4 heteroatoms. The van der Waals surface area contributed by atoms with Crippen molar-refractivity contribution in [1.82, 2.24) is 4.90 Å². The van der Waals surface area contributed by atoms with Gasteiger partial charge in [0.15, 0.2) is 0 Å². The van der Waals surface area contributed by atoms with Crippen LogP contribution in [0.4, 0.5) is 0 Å². The van der Waals surface area contributed by atoms with E-state index in [1.165, 1.54) is 16.7 Å². The van der Waals surface area contributed by atoms with Gasteiger partial charge in [-0.1, -0.05) is 30.3 Å². The summed E-state index contributed by atoms with van der Waals surface area (Å²) in [4.78, 5) is 15.1. The van der Waals surface area contributed by atoms with Crippen molar-refractivity contribution in [3.8, 4) is 5.75 Å². The summed E-state index contributed by atoms with van der Waals surface area (Å²) in [6.45, 7) is 6.98. The number of para-hydroxylation sites is 1. The fourth-order valence-corrected chi connectivity index (χ4v) is 4.01. The smallest absolute Gasteiger partial charge is 0.258 e. The van der Waals surface area contributed by atoms with Crippen LogP contribution in [0.25, 0.3) is 0 Å². The van der Waals surface area contributed by atoms with Crippen LogP contribution in [-0.4, -0.2) is 30.1 Å². The zero-order valence-electron chi connectivity index (χ0n) is 16.1. The number of benzene rings is 2. The summed E-state index contributed by atoms with van der Waals surface area (Å²) in [6, 6.07) is 14.3. The lowest BCUT2D eigenvalue weighted by atomic mass is 9.90. The van der Waals surface area contributed by atoms with Gasteiger partial charge >= 0.3 is 0 Å². The minimum absolute atomic E-state index is 0.0371. The average Bonchev–Trinajstić information content (AvgIpc) is 3.11. The van der Waals surface area contributed by atoms with Crippen LogP contribution in [0.5, 0.6) is 5.75 Å². The maximum atomic E-state index is 13.1. The molecule has 2 heterocycles. The molecule has 4 rings (SSSR count). The lowest BCUT2D eigenvalue weighted by molar-refractivity contribution is 0.0745. The van der Waals surface area contributed by atoms with Gasteiger partial charge in [-0.2, -0.15) is 0 Å². The third kappa shape index (κ3) is 3.86. The Morgan fingerprint density at radius 1 is 1.07 bits per heavy atom. The highest BCUT2D eigenvalue weighted by molar-refractivity contribution is 5.97. The van der Waals surface area contributed by atoms with E-state index in [9.17, 15) is 4.79 Å². The third-order valence-electron chi connectivity index (χ3n) is 5.41. The lowest BCUT2D eigenvalue weighted by Crippen LogP contribution is -2.26. The summed E-state index contributed by atoms with van der Waals surface area (Å²) in [5.41, 5.74) is 4.55. The summed E-state index contributed by atoms with van der Waals surface area (Å²) in [7, 11) is 0. The standard InChI is InChI=1S/C23H27NO3/c1-16(2)27-22-6-4-3-5-21(22)23(25)24-14-19-8-7-18(13-20(19)15-24)17-9-11-26-12-10-17/h3-8,13,16-17H,9-12,14-15H2,1-2H3. The maximum Gasteiger partial charge on any atom is 0.258 e. The van der Waals surface area contributed by atoms with Gasteiger partial charge in [-0.25, -0.2) is 0 Å². The molecule has 0 aromatic heterocycles.